The highest BCUT2D eigenvalue weighted by Crippen LogP contribution is 2.08. The van der Waals surface area contributed by atoms with E-state index in [0.717, 1.165) is 13.1 Å². The Labute approximate surface area is 109 Å². The van der Waals surface area contributed by atoms with E-state index in [1.54, 1.807) is 12.7 Å². The van der Waals surface area contributed by atoms with Gasteiger partial charge in [-0.05, 0) is 25.2 Å². The van der Waals surface area contributed by atoms with Crippen LogP contribution in [0.15, 0.2) is 36.9 Å². The first kappa shape index (κ1) is 14.4. The van der Waals surface area contributed by atoms with E-state index in [9.17, 15) is 0 Å². The van der Waals surface area contributed by atoms with E-state index in [-0.39, 0.29) is 0 Å². The standard InChI is InChI=1S/C12H16N4.C2H6/c1-15(2)7-11-4-3-5-12(6-11)8-16-10-13-9-14-16;1-2/h3-6,9-10H,7-8H2,1-2H3;1-2H3. The monoisotopic (exact) mass is 246 g/mol. The second-order valence-corrected chi connectivity index (χ2v) is 4.15. The summed E-state index contributed by atoms with van der Waals surface area (Å²) in [5, 5.41) is 4.10. The van der Waals surface area contributed by atoms with Gasteiger partial charge in [-0.15, -0.1) is 0 Å². The van der Waals surface area contributed by atoms with Crippen LogP contribution >= 0.6 is 0 Å². The lowest BCUT2D eigenvalue weighted by atomic mass is 10.1. The summed E-state index contributed by atoms with van der Waals surface area (Å²) in [6, 6.07) is 8.55. The van der Waals surface area contributed by atoms with Gasteiger partial charge in [-0.3, -0.25) is 0 Å². The molecule has 0 bridgehead atoms. The van der Waals surface area contributed by atoms with Gasteiger partial charge in [0.15, 0.2) is 0 Å². The molecule has 0 N–H and O–H groups in total. The number of benzene rings is 1. The second kappa shape index (κ2) is 7.61. The van der Waals surface area contributed by atoms with Gasteiger partial charge in [0.1, 0.15) is 12.7 Å². The zero-order valence-electron chi connectivity index (χ0n) is 11.7. The molecule has 1 heterocycles. The first-order valence-corrected chi connectivity index (χ1v) is 6.29. The van der Waals surface area contributed by atoms with Gasteiger partial charge in [0.2, 0.25) is 0 Å². The van der Waals surface area contributed by atoms with Crippen LogP contribution in [0.25, 0.3) is 0 Å². The molecule has 0 aliphatic carbocycles. The van der Waals surface area contributed by atoms with E-state index in [1.807, 2.05) is 18.5 Å². The molecule has 0 unspecified atom stereocenters. The third kappa shape index (κ3) is 4.67. The van der Waals surface area contributed by atoms with E-state index < -0.39 is 0 Å². The second-order valence-electron chi connectivity index (χ2n) is 4.15. The van der Waals surface area contributed by atoms with Crippen molar-refractivity contribution < 1.29 is 0 Å². The lowest BCUT2D eigenvalue weighted by molar-refractivity contribution is 0.402. The summed E-state index contributed by atoms with van der Waals surface area (Å²) in [7, 11) is 4.15. The molecule has 18 heavy (non-hydrogen) atoms. The third-order valence-electron chi connectivity index (χ3n) is 2.30. The van der Waals surface area contributed by atoms with Crippen LogP contribution < -0.4 is 0 Å². The Balaban J connectivity index is 0.000000771. The summed E-state index contributed by atoms with van der Waals surface area (Å²) in [4.78, 5) is 6.09. The Bertz CT molecular complexity index is 435. The first-order valence-electron chi connectivity index (χ1n) is 6.29. The van der Waals surface area contributed by atoms with Crippen molar-refractivity contribution in [3.8, 4) is 0 Å². The molecule has 0 spiro atoms. The highest BCUT2D eigenvalue weighted by Gasteiger charge is 1.99. The summed E-state index contributed by atoms with van der Waals surface area (Å²) in [5.74, 6) is 0. The van der Waals surface area contributed by atoms with Crippen LogP contribution in [-0.2, 0) is 13.1 Å². The van der Waals surface area contributed by atoms with Crippen molar-refractivity contribution in [2.75, 3.05) is 14.1 Å². The molecule has 4 heteroatoms. The van der Waals surface area contributed by atoms with Crippen molar-refractivity contribution in [2.24, 2.45) is 0 Å². The fourth-order valence-corrected chi connectivity index (χ4v) is 1.69. The number of aromatic nitrogens is 3. The van der Waals surface area contributed by atoms with Gasteiger partial charge < -0.3 is 4.90 Å². The predicted octanol–water partition coefficient (Wildman–Crippen LogP) is 2.41. The quantitative estimate of drug-likeness (QED) is 0.831. The maximum atomic E-state index is 4.10. The average Bonchev–Trinajstić information content (AvgIpc) is 2.84. The van der Waals surface area contributed by atoms with Gasteiger partial charge in [-0.2, -0.15) is 5.10 Å². The first-order chi connectivity index (χ1) is 8.74. The molecule has 0 aliphatic heterocycles. The topological polar surface area (TPSA) is 34.0 Å². The number of hydrogen-bond acceptors (Lipinski definition) is 3. The van der Waals surface area contributed by atoms with Crippen LogP contribution in [0.2, 0.25) is 0 Å². The van der Waals surface area contributed by atoms with Crippen LogP contribution in [0.1, 0.15) is 25.0 Å². The smallest absolute Gasteiger partial charge is 0.137 e. The van der Waals surface area contributed by atoms with E-state index in [4.69, 9.17) is 0 Å². The molecular formula is C14H22N4. The molecule has 0 aliphatic rings. The van der Waals surface area contributed by atoms with Crippen LogP contribution in [0.4, 0.5) is 0 Å². The Morgan fingerprint density at radius 2 is 1.89 bits per heavy atom. The van der Waals surface area contributed by atoms with Gasteiger partial charge in [-0.1, -0.05) is 38.1 Å². The predicted molar refractivity (Wildman–Crippen MR) is 74.3 cm³/mol. The summed E-state index contributed by atoms with van der Waals surface area (Å²) in [6.45, 7) is 5.74. The fraction of sp³-hybridized carbons (Fsp3) is 0.429. The lowest BCUT2D eigenvalue weighted by Gasteiger charge is -2.10. The molecule has 0 atom stereocenters. The van der Waals surface area contributed by atoms with Crippen LogP contribution in [0, 0.1) is 0 Å². The van der Waals surface area contributed by atoms with Gasteiger partial charge >= 0.3 is 0 Å². The maximum absolute atomic E-state index is 4.10. The van der Waals surface area contributed by atoms with Crippen molar-refractivity contribution in [2.45, 2.75) is 26.9 Å². The zero-order chi connectivity index (χ0) is 13.4. The molecule has 1 aromatic heterocycles. The molecular weight excluding hydrogens is 224 g/mol. The fourth-order valence-electron chi connectivity index (χ4n) is 1.69. The highest BCUT2D eigenvalue weighted by atomic mass is 15.3. The Kier molecular flexibility index (Phi) is 6.08. The molecule has 0 saturated heterocycles. The number of hydrogen-bond donors (Lipinski definition) is 0. The van der Waals surface area contributed by atoms with E-state index >= 15 is 0 Å². The van der Waals surface area contributed by atoms with E-state index in [2.05, 4.69) is 53.3 Å². The van der Waals surface area contributed by atoms with E-state index in [1.165, 1.54) is 11.1 Å². The minimum atomic E-state index is 0.779. The van der Waals surface area contributed by atoms with Gasteiger partial charge in [0.05, 0.1) is 6.54 Å². The van der Waals surface area contributed by atoms with Crippen LogP contribution in [-0.4, -0.2) is 33.8 Å². The number of nitrogens with zero attached hydrogens (tertiary/aromatic N) is 4. The minimum absolute atomic E-state index is 0.779. The van der Waals surface area contributed by atoms with Crippen molar-refractivity contribution in [1.82, 2.24) is 19.7 Å². The molecule has 0 fully saturated rings. The summed E-state index contributed by atoms with van der Waals surface area (Å²) < 4.78 is 1.83. The van der Waals surface area contributed by atoms with Crippen molar-refractivity contribution in [1.29, 1.82) is 0 Å². The zero-order valence-corrected chi connectivity index (χ0v) is 11.7. The van der Waals surface area contributed by atoms with Gasteiger partial charge in [0, 0.05) is 6.54 Å². The van der Waals surface area contributed by atoms with Crippen molar-refractivity contribution in [3.05, 3.63) is 48.0 Å². The minimum Gasteiger partial charge on any atom is -0.305 e. The van der Waals surface area contributed by atoms with Crippen LogP contribution in [0.3, 0.4) is 0 Å². The molecule has 0 amide bonds. The average molecular weight is 246 g/mol. The number of rotatable bonds is 4. The summed E-state index contributed by atoms with van der Waals surface area (Å²) >= 11 is 0. The third-order valence-corrected chi connectivity index (χ3v) is 2.30. The normalized spacial score (nSPS) is 10.1. The Hall–Kier alpha value is -1.68. The molecule has 4 nitrogen and oxygen atoms in total. The van der Waals surface area contributed by atoms with Crippen LogP contribution in [0.5, 0.6) is 0 Å². The maximum Gasteiger partial charge on any atom is 0.137 e. The molecule has 0 saturated carbocycles. The SMILES string of the molecule is CC.CN(C)Cc1cccc(Cn2cncn2)c1. The van der Waals surface area contributed by atoms with Crippen molar-refractivity contribution in [3.63, 3.8) is 0 Å². The van der Waals surface area contributed by atoms with Gasteiger partial charge in [0.25, 0.3) is 0 Å². The summed E-state index contributed by atoms with van der Waals surface area (Å²) in [6.07, 6.45) is 3.29. The summed E-state index contributed by atoms with van der Waals surface area (Å²) in [5.41, 5.74) is 2.58. The largest absolute Gasteiger partial charge is 0.305 e. The Morgan fingerprint density at radius 1 is 1.17 bits per heavy atom. The Morgan fingerprint density at radius 3 is 2.50 bits per heavy atom. The molecule has 2 rings (SSSR count). The lowest BCUT2D eigenvalue weighted by Crippen LogP contribution is -2.11. The molecule has 2 aromatic rings. The molecule has 1 aromatic carbocycles. The highest BCUT2D eigenvalue weighted by molar-refractivity contribution is 5.23. The van der Waals surface area contributed by atoms with E-state index in [0.29, 0.717) is 0 Å². The molecule has 0 radical (unpaired) electrons. The van der Waals surface area contributed by atoms with Gasteiger partial charge in [-0.25, -0.2) is 9.67 Å². The molecule has 98 valence electrons. The van der Waals surface area contributed by atoms with Crippen molar-refractivity contribution >= 4 is 0 Å².